The van der Waals surface area contributed by atoms with Gasteiger partial charge in [-0.2, -0.15) is 5.26 Å². The lowest BCUT2D eigenvalue weighted by Gasteiger charge is -2.04. The highest BCUT2D eigenvalue weighted by Gasteiger charge is 1.96. The van der Waals surface area contributed by atoms with Gasteiger partial charge in [0.05, 0.1) is 12.0 Å². The van der Waals surface area contributed by atoms with E-state index >= 15 is 0 Å². The van der Waals surface area contributed by atoms with Crippen LogP contribution in [-0.2, 0) is 4.74 Å². The van der Waals surface area contributed by atoms with E-state index in [4.69, 9.17) is 10.00 Å². The third-order valence-electron chi connectivity index (χ3n) is 1.62. The van der Waals surface area contributed by atoms with Crippen molar-refractivity contribution in [1.82, 2.24) is 5.32 Å². The molecule has 0 aromatic rings. The Balaban J connectivity index is 2.96. The largest absolute Gasteiger partial charge is 0.385 e. The predicted molar refractivity (Wildman–Crippen MR) is 48.8 cm³/mol. The molecule has 0 heterocycles. The molecule has 0 saturated carbocycles. The number of nitrogens with one attached hydrogen (secondary N) is 1. The SMILES string of the molecule is COCCCCNCC(C)C#N. The Kier molecular flexibility index (Phi) is 8.09. The van der Waals surface area contributed by atoms with Crippen LogP contribution in [0.4, 0.5) is 0 Å². The summed E-state index contributed by atoms with van der Waals surface area (Å²) in [4.78, 5) is 0. The first kappa shape index (κ1) is 11.4. The van der Waals surface area contributed by atoms with Crippen molar-refractivity contribution in [3.8, 4) is 6.07 Å². The summed E-state index contributed by atoms with van der Waals surface area (Å²) < 4.78 is 4.91. The quantitative estimate of drug-likeness (QED) is 0.583. The molecule has 0 spiro atoms. The minimum atomic E-state index is 0.118. The fraction of sp³-hybridized carbons (Fsp3) is 0.889. The Morgan fingerprint density at radius 3 is 2.83 bits per heavy atom. The van der Waals surface area contributed by atoms with E-state index < -0.39 is 0 Å². The molecule has 0 rings (SSSR count). The van der Waals surface area contributed by atoms with E-state index in [9.17, 15) is 0 Å². The van der Waals surface area contributed by atoms with Crippen molar-refractivity contribution in [2.75, 3.05) is 26.8 Å². The van der Waals surface area contributed by atoms with Gasteiger partial charge in [-0.15, -0.1) is 0 Å². The molecule has 70 valence electrons. The smallest absolute Gasteiger partial charge is 0.0666 e. The molecule has 0 aliphatic rings. The van der Waals surface area contributed by atoms with Crippen LogP contribution in [0.5, 0.6) is 0 Å². The first-order chi connectivity index (χ1) is 5.81. The first-order valence-electron chi connectivity index (χ1n) is 4.40. The molecular formula is C9H18N2O. The van der Waals surface area contributed by atoms with Crippen molar-refractivity contribution in [1.29, 1.82) is 5.26 Å². The van der Waals surface area contributed by atoms with Crippen LogP contribution >= 0.6 is 0 Å². The van der Waals surface area contributed by atoms with Crippen LogP contribution in [-0.4, -0.2) is 26.8 Å². The molecule has 0 radical (unpaired) electrons. The Morgan fingerprint density at radius 2 is 2.25 bits per heavy atom. The summed E-state index contributed by atoms with van der Waals surface area (Å²) in [5, 5.41) is 11.7. The van der Waals surface area contributed by atoms with E-state index in [1.165, 1.54) is 0 Å². The summed E-state index contributed by atoms with van der Waals surface area (Å²) in [6.07, 6.45) is 2.20. The highest BCUT2D eigenvalue weighted by molar-refractivity contribution is 4.79. The molecule has 1 unspecified atom stereocenters. The molecule has 0 amide bonds. The molecule has 12 heavy (non-hydrogen) atoms. The number of ether oxygens (including phenoxy) is 1. The monoisotopic (exact) mass is 170 g/mol. The number of hydrogen-bond acceptors (Lipinski definition) is 3. The summed E-state index contributed by atoms with van der Waals surface area (Å²) in [5.41, 5.74) is 0. The van der Waals surface area contributed by atoms with E-state index in [0.29, 0.717) is 0 Å². The molecule has 0 aliphatic heterocycles. The van der Waals surface area contributed by atoms with Crippen molar-refractivity contribution in [2.45, 2.75) is 19.8 Å². The second-order valence-electron chi connectivity index (χ2n) is 2.93. The van der Waals surface area contributed by atoms with Gasteiger partial charge in [0.25, 0.3) is 0 Å². The Morgan fingerprint density at radius 1 is 1.50 bits per heavy atom. The van der Waals surface area contributed by atoms with Crippen molar-refractivity contribution in [3.63, 3.8) is 0 Å². The molecule has 0 aromatic heterocycles. The summed E-state index contributed by atoms with van der Waals surface area (Å²) in [5.74, 6) is 0.118. The van der Waals surface area contributed by atoms with Crippen molar-refractivity contribution in [3.05, 3.63) is 0 Å². The molecule has 0 aliphatic carbocycles. The van der Waals surface area contributed by atoms with Gasteiger partial charge in [-0.1, -0.05) is 0 Å². The van der Waals surface area contributed by atoms with E-state index in [2.05, 4.69) is 11.4 Å². The highest BCUT2D eigenvalue weighted by atomic mass is 16.5. The lowest BCUT2D eigenvalue weighted by atomic mass is 10.2. The zero-order valence-electron chi connectivity index (χ0n) is 7.97. The zero-order chi connectivity index (χ0) is 9.23. The molecule has 0 bridgehead atoms. The number of rotatable bonds is 7. The van der Waals surface area contributed by atoms with Gasteiger partial charge >= 0.3 is 0 Å². The molecule has 1 atom stereocenters. The third-order valence-corrected chi connectivity index (χ3v) is 1.62. The summed E-state index contributed by atoms with van der Waals surface area (Å²) in [7, 11) is 1.71. The lowest BCUT2D eigenvalue weighted by molar-refractivity contribution is 0.192. The van der Waals surface area contributed by atoms with Gasteiger partial charge in [0.15, 0.2) is 0 Å². The van der Waals surface area contributed by atoms with Crippen LogP contribution in [0.3, 0.4) is 0 Å². The van der Waals surface area contributed by atoms with Gasteiger partial charge in [0.1, 0.15) is 0 Å². The number of hydrogen-bond donors (Lipinski definition) is 1. The Bertz CT molecular complexity index is 131. The first-order valence-corrected chi connectivity index (χ1v) is 4.40. The maximum atomic E-state index is 8.47. The maximum absolute atomic E-state index is 8.47. The summed E-state index contributed by atoms with van der Waals surface area (Å²) in [6, 6.07) is 2.18. The second-order valence-corrected chi connectivity index (χ2v) is 2.93. The minimum absolute atomic E-state index is 0.118. The normalized spacial score (nSPS) is 12.4. The summed E-state index contributed by atoms with van der Waals surface area (Å²) >= 11 is 0. The Hall–Kier alpha value is -0.590. The van der Waals surface area contributed by atoms with Crippen molar-refractivity contribution >= 4 is 0 Å². The average Bonchev–Trinajstić information content (AvgIpc) is 2.10. The van der Waals surface area contributed by atoms with Gasteiger partial charge in [-0.25, -0.2) is 0 Å². The predicted octanol–water partition coefficient (Wildman–Crippen LogP) is 1.16. The van der Waals surface area contributed by atoms with Gasteiger partial charge in [0, 0.05) is 20.3 Å². The minimum Gasteiger partial charge on any atom is -0.385 e. The standard InChI is InChI=1S/C9H18N2O/c1-9(7-10)8-11-5-3-4-6-12-2/h9,11H,3-6,8H2,1-2H3. The number of nitriles is 1. The zero-order valence-corrected chi connectivity index (χ0v) is 7.97. The Labute approximate surface area is 74.7 Å². The summed E-state index contributed by atoms with van der Waals surface area (Å²) in [6.45, 7) is 4.52. The molecule has 0 fully saturated rings. The molecular weight excluding hydrogens is 152 g/mol. The molecule has 0 aromatic carbocycles. The van der Waals surface area contributed by atoms with Crippen molar-refractivity contribution < 1.29 is 4.74 Å². The molecule has 3 nitrogen and oxygen atoms in total. The fourth-order valence-corrected chi connectivity index (χ4v) is 0.861. The molecule has 3 heteroatoms. The van der Waals surface area contributed by atoms with Crippen LogP contribution in [0, 0.1) is 17.2 Å². The third kappa shape index (κ3) is 7.52. The van der Waals surface area contributed by atoms with Gasteiger partial charge in [-0.3, -0.25) is 0 Å². The number of nitrogens with zero attached hydrogens (tertiary/aromatic N) is 1. The average molecular weight is 170 g/mol. The molecule has 0 saturated heterocycles. The van der Waals surface area contributed by atoms with Crippen LogP contribution in [0.2, 0.25) is 0 Å². The maximum Gasteiger partial charge on any atom is 0.0666 e. The van der Waals surface area contributed by atoms with E-state index in [1.807, 2.05) is 6.92 Å². The van der Waals surface area contributed by atoms with Crippen molar-refractivity contribution in [2.24, 2.45) is 5.92 Å². The van der Waals surface area contributed by atoms with Crippen LogP contribution in [0.1, 0.15) is 19.8 Å². The molecule has 1 N–H and O–H groups in total. The number of unbranched alkanes of at least 4 members (excludes halogenated alkanes) is 1. The topological polar surface area (TPSA) is 45.0 Å². The van der Waals surface area contributed by atoms with E-state index in [1.54, 1.807) is 7.11 Å². The number of methoxy groups -OCH3 is 1. The fourth-order valence-electron chi connectivity index (χ4n) is 0.861. The van der Waals surface area contributed by atoms with Crippen LogP contribution in [0.25, 0.3) is 0 Å². The van der Waals surface area contributed by atoms with E-state index in [0.717, 1.165) is 32.5 Å². The highest BCUT2D eigenvalue weighted by Crippen LogP contribution is 1.90. The second kappa shape index (κ2) is 8.51. The van der Waals surface area contributed by atoms with Gasteiger partial charge in [0.2, 0.25) is 0 Å². The van der Waals surface area contributed by atoms with Gasteiger partial charge in [-0.05, 0) is 26.3 Å². The van der Waals surface area contributed by atoms with Gasteiger partial charge < -0.3 is 10.1 Å². The van der Waals surface area contributed by atoms with E-state index in [-0.39, 0.29) is 5.92 Å². The van der Waals surface area contributed by atoms with Crippen LogP contribution in [0.15, 0.2) is 0 Å². The lowest BCUT2D eigenvalue weighted by Crippen LogP contribution is -2.21. The van der Waals surface area contributed by atoms with Crippen LogP contribution < -0.4 is 5.32 Å².